The fraction of sp³-hybridized carbons (Fsp3) is 0.316. The monoisotopic (exact) mass is 370 g/mol. The lowest BCUT2D eigenvalue weighted by Crippen LogP contribution is -2.31. The number of nitrogens with zero attached hydrogens (tertiary/aromatic N) is 4. The molecule has 1 unspecified atom stereocenters. The highest BCUT2D eigenvalue weighted by molar-refractivity contribution is 7.09. The Morgan fingerprint density at radius 3 is 2.88 bits per heavy atom. The predicted octanol–water partition coefficient (Wildman–Crippen LogP) is 3.97. The smallest absolute Gasteiger partial charge is 0.257 e. The topological polar surface area (TPSA) is 51.0 Å². The van der Waals surface area contributed by atoms with Gasteiger partial charge in [-0.2, -0.15) is 5.10 Å². The van der Waals surface area contributed by atoms with E-state index < -0.39 is 5.82 Å². The van der Waals surface area contributed by atoms with Crippen LogP contribution in [0, 0.1) is 12.7 Å². The summed E-state index contributed by atoms with van der Waals surface area (Å²) in [6.07, 6.45) is 5.31. The molecular formula is C19H19FN4OS. The molecule has 0 N–H and O–H groups in total. The third kappa shape index (κ3) is 3.03. The maximum absolute atomic E-state index is 14.4. The second-order valence-electron chi connectivity index (χ2n) is 6.55. The summed E-state index contributed by atoms with van der Waals surface area (Å²) in [6, 6.07) is 4.58. The van der Waals surface area contributed by atoms with Crippen LogP contribution in [0.3, 0.4) is 0 Å². The summed E-state index contributed by atoms with van der Waals surface area (Å²) in [7, 11) is 1.82. The van der Waals surface area contributed by atoms with E-state index in [1.165, 1.54) is 6.07 Å². The Bertz CT molecular complexity index is 964. The highest BCUT2D eigenvalue weighted by Crippen LogP contribution is 2.34. The molecule has 134 valence electrons. The number of amides is 1. The summed E-state index contributed by atoms with van der Waals surface area (Å²) < 4.78 is 16.1. The van der Waals surface area contributed by atoms with Gasteiger partial charge in [0.2, 0.25) is 0 Å². The van der Waals surface area contributed by atoms with Gasteiger partial charge in [-0.3, -0.25) is 9.48 Å². The minimum atomic E-state index is -0.497. The zero-order valence-electron chi connectivity index (χ0n) is 14.6. The first kappa shape index (κ1) is 16.9. The van der Waals surface area contributed by atoms with Crippen LogP contribution in [0.4, 0.5) is 4.39 Å². The second kappa shape index (κ2) is 6.64. The van der Waals surface area contributed by atoms with E-state index in [2.05, 4.69) is 10.1 Å². The molecular weight excluding hydrogens is 351 g/mol. The van der Waals surface area contributed by atoms with E-state index >= 15 is 0 Å². The SMILES string of the molecule is Cc1nc(C2CCCN2C(=O)c2cc(-c3cnn(C)c3)ccc2F)cs1. The molecule has 7 heteroatoms. The molecule has 0 aliphatic carbocycles. The standard InChI is InChI=1S/C19H19FN4OS/c1-12-22-17(11-26-12)18-4-3-7-24(18)19(25)15-8-13(5-6-16(15)20)14-9-21-23(2)10-14/h5-6,8-11,18H,3-4,7H2,1-2H3. The molecule has 0 spiro atoms. The summed E-state index contributed by atoms with van der Waals surface area (Å²) in [5.41, 5.74) is 2.64. The zero-order chi connectivity index (χ0) is 18.3. The maximum atomic E-state index is 14.4. The van der Waals surface area contributed by atoms with Gasteiger partial charge in [-0.15, -0.1) is 11.3 Å². The van der Waals surface area contributed by atoms with Crippen LogP contribution in [0.25, 0.3) is 11.1 Å². The molecule has 1 fully saturated rings. The van der Waals surface area contributed by atoms with Gasteiger partial charge in [0.25, 0.3) is 5.91 Å². The van der Waals surface area contributed by atoms with Crippen molar-refractivity contribution in [2.45, 2.75) is 25.8 Å². The van der Waals surface area contributed by atoms with Crippen molar-refractivity contribution in [3.63, 3.8) is 0 Å². The van der Waals surface area contributed by atoms with Gasteiger partial charge in [0, 0.05) is 30.7 Å². The van der Waals surface area contributed by atoms with Crippen LogP contribution < -0.4 is 0 Å². The summed E-state index contributed by atoms with van der Waals surface area (Å²) in [6.45, 7) is 2.57. The number of carbonyl (C=O) groups excluding carboxylic acids is 1. The maximum Gasteiger partial charge on any atom is 0.257 e. The number of benzene rings is 1. The van der Waals surface area contributed by atoms with E-state index in [1.54, 1.807) is 39.2 Å². The number of likely N-dealkylation sites (tertiary alicyclic amines) is 1. The first-order valence-electron chi connectivity index (χ1n) is 8.54. The Labute approximate surface area is 155 Å². The normalized spacial score (nSPS) is 17.0. The van der Waals surface area contributed by atoms with E-state index in [4.69, 9.17) is 0 Å². The Kier molecular flexibility index (Phi) is 4.32. The van der Waals surface area contributed by atoms with Crippen molar-refractivity contribution in [1.82, 2.24) is 19.7 Å². The number of aryl methyl sites for hydroxylation is 2. The second-order valence-corrected chi connectivity index (χ2v) is 7.61. The van der Waals surface area contributed by atoms with Crippen LogP contribution in [0.1, 0.15) is 39.9 Å². The molecule has 3 aromatic rings. The van der Waals surface area contributed by atoms with Gasteiger partial charge >= 0.3 is 0 Å². The van der Waals surface area contributed by atoms with Gasteiger partial charge in [-0.1, -0.05) is 6.07 Å². The lowest BCUT2D eigenvalue weighted by Gasteiger charge is -2.24. The third-order valence-corrected chi connectivity index (χ3v) is 5.52. The Balaban J connectivity index is 1.67. The van der Waals surface area contributed by atoms with E-state index in [0.29, 0.717) is 6.54 Å². The van der Waals surface area contributed by atoms with Crippen molar-refractivity contribution in [2.75, 3.05) is 6.54 Å². The number of aromatic nitrogens is 3. The van der Waals surface area contributed by atoms with Crippen molar-refractivity contribution in [2.24, 2.45) is 7.05 Å². The van der Waals surface area contributed by atoms with Gasteiger partial charge in [-0.05, 0) is 37.5 Å². The number of carbonyl (C=O) groups is 1. The number of hydrogen-bond acceptors (Lipinski definition) is 4. The molecule has 5 nitrogen and oxygen atoms in total. The minimum Gasteiger partial charge on any atom is -0.330 e. The molecule has 1 aliphatic heterocycles. The summed E-state index contributed by atoms with van der Waals surface area (Å²) in [5.74, 6) is -0.774. The van der Waals surface area contributed by atoms with Gasteiger partial charge in [0.1, 0.15) is 5.82 Å². The minimum absolute atomic E-state index is 0.0751. The highest BCUT2D eigenvalue weighted by atomic mass is 32.1. The van der Waals surface area contributed by atoms with Crippen LogP contribution >= 0.6 is 11.3 Å². The zero-order valence-corrected chi connectivity index (χ0v) is 15.5. The van der Waals surface area contributed by atoms with Crippen molar-refractivity contribution in [1.29, 1.82) is 0 Å². The quantitative estimate of drug-likeness (QED) is 0.701. The lowest BCUT2D eigenvalue weighted by atomic mass is 10.0. The van der Waals surface area contributed by atoms with Crippen molar-refractivity contribution >= 4 is 17.2 Å². The van der Waals surface area contributed by atoms with Crippen LogP contribution in [-0.4, -0.2) is 32.1 Å². The fourth-order valence-corrected chi connectivity index (χ4v) is 4.10. The fourth-order valence-electron chi connectivity index (χ4n) is 3.44. The highest BCUT2D eigenvalue weighted by Gasteiger charge is 2.33. The Morgan fingerprint density at radius 1 is 1.35 bits per heavy atom. The summed E-state index contributed by atoms with van der Waals surface area (Å²) in [4.78, 5) is 19.4. The van der Waals surface area contributed by atoms with Gasteiger partial charge in [0.15, 0.2) is 0 Å². The van der Waals surface area contributed by atoms with Crippen LogP contribution in [0.2, 0.25) is 0 Å². The Hall–Kier alpha value is -2.54. The molecule has 1 aliphatic rings. The van der Waals surface area contributed by atoms with Crippen molar-refractivity contribution in [3.05, 3.63) is 58.1 Å². The van der Waals surface area contributed by atoms with E-state index in [0.717, 1.165) is 34.7 Å². The molecule has 26 heavy (non-hydrogen) atoms. The van der Waals surface area contributed by atoms with Gasteiger partial charge in [0.05, 0.1) is 28.5 Å². The van der Waals surface area contributed by atoms with Crippen molar-refractivity contribution in [3.8, 4) is 11.1 Å². The molecule has 1 amide bonds. The summed E-state index contributed by atoms with van der Waals surface area (Å²) >= 11 is 1.57. The lowest BCUT2D eigenvalue weighted by molar-refractivity contribution is 0.0728. The Morgan fingerprint density at radius 2 is 2.19 bits per heavy atom. The number of hydrogen-bond donors (Lipinski definition) is 0. The van der Waals surface area contributed by atoms with Crippen LogP contribution in [0.5, 0.6) is 0 Å². The first-order valence-corrected chi connectivity index (χ1v) is 9.42. The average molecular weight is 370 g/mol. The van der Waals surface area contributed by atoms with Crippen LogP contribution in [0.15, 0.2) is 36.0 Å². The molecule has 1 saturated heterocycles. The molecule has 4 rings (SSSR count). The molecule has 3 heterocycles. The third-order valence-electron chi connectivity index (χ3n) is 4.73. The molecule has 1 atom stereocenters. The molecule has 2 aromatic heterocycles. The van der Waals surface area contributed by atoms with E-state index in [9.17, 15) is 9.18 Å². The largest absolute Gasteiger partial charge is 0.330 e. The summed E-state index contributed by atoms with van der Waals surface area (Å²) in [5, 5.41) is 7.11. The van der Waals surface area contributed by atoms with Crippen molar-refractivity contribution < 1.29 is 9.18 Å². The van der Waals surface area contributed by atoms with Crippen LogP contribution in [-0.2, 0) is 7.05 Å². The number of rotatable bonds is 3. The average Bonchev–Trinajstić information content (AvgIpc) is 3.35. The molecule has 0 bridgehead atoms. The van der Waals surface area contributed by atoms with Gasteiger partial charge in [-0.25, -0.2) is 9.37 Å². The molecule has 1 aromatic carbocycles. The predicted molar refractivity (Wildman–Crippen MR) is 98.5 cm³/mol. The van der Waals surface area contributed by atoms with E-state index in [-0.39, 0.29) is 17.5 Å². The molecule has 0 saturated carbocycles. The molecule has 0 radical (unpaired) electrons. The van der Waals surface area contributed by atoms with E-state index in [1.807, 2.05) is 25.5 Å². The number of halogens is 1. The first-order chi connectivity index (χ1) is 12.5. The van der Waals surface area contributed by atoms with Gasteiger partial charge < -0.3 is 4.90 Å². The number of thiazole rings is 1.